The topological polar surface area (TPSA) is 139 Å². The normalized spacial score (nSPS) is 16.7. The average Bonchev–Trinajstić information content (AvgIpc) is 3.44. The third-order valence-electron chi connectivity index (χ3n) is 6.66. The quantitative estimate of drug-likeness (QED) is 0.294. The number of aromatic nitrogens is 1. The van der Waals surface area contributed by atoms with E-state index < -0.39 is 42.2 Å². The number of hydrogen-bond donors (Lipinski definition) is 4. The predicted octanol–water partition coefficient (Wildman–Crippen LogP) is 1.94. The van der Waals surface area contributed by atoms with Crippen LogP contribution in [0.3, 0.4) is 0 Å². The maximum Gasteiger partial charge on any atom is 0.268 e. The number of aliphatic hydroxyl groups is 1. The van der Waals surface area contributed by atoms with Gasteiger partial charge in [0.05, 0.1) is 18.7 Å². The molecule has 0 bridgehead atoms. The Kier molecular flexibility index (Phi) is 9.68. The largest absolute Gasteiger partial charge is 0.496 e. The van der Waals surface area contributed by atoms with Crippen molar-refractivity contribution >= 4 is 34.4 Å². The Hall–Kier alpha value is -3.66. The zero-order valence-corrected chi connectivity index (χ0v) is 22.5. The first kappa shape index (κ1) is 28.9. The van der Waals surface area contributed by atoms with Gasteiger partial charge < -0.3 is 30.4 Å². The molecule has 1 saturated heterocycles. The van der Waals surface area contributed by atoms with E-state index >= 15 is 0 Å². The molecule has 10 nitrogen and oxygen atoms in total. The van der Waals surface area contributed by atoms with Crippen LogP contribution < -0.4 is 20.7 Å². The van der Waals surface area contributed by atoms with Gasteiger partial charge in [-0.3, -0.25) is 19.2 Å². The molecule has 1 fully saturated rings. The summed E-state index contributed by atoms with van der Waals surface area (Å²) in [7, 11) is 1.56. The zero-order valence-electron chi connectivity index (χ0n) is 22.5. The number of benzene rings is 1. The minimum absolute atomic E-state index is 0.0556. The molecular weight excluding hydrogens is 488 g/mol. The molecule has 0 spiro atoms. The molecule has 1 aromatic carbocycles. The molecule has 10 heteroatoms. The van der Waals surface area contributed by atoms with E-state index in [-0.39, 0.29) is 18.2 Å². The van der Waals surface area contributed by atoms with Crippen molar-refractivity contribution in [1.82, 2.24) is 20.5 Å². The van der Waals surface area contributed by atoms with Crippen LogP contribution in [-0.4, -0.2) is 65.5 Å². The van der Waals surface area contributed by atoms with Crippen LogP contribution in [0.4, 0.5) is 0 Å². The van der Waals surface area contributed by atoms with Crippen LogP contribution in [0, 0.1) is 11.8 Å². The van der Waals surface area contributed by atoms with E-state index in [9.17, 15) is 24.3 Å². The number of hydrogen-bond acceptors (Lipinski definition) is 6. The number of allylic oxidation sites excluding steroid dienone is 1. The second-order valence-electron chi connectivity index (χ2n) is 10.3. The van der Waals surface area contributed by atoms with Crippen molar-refractivity contribution in [1.29, 1.82) is 0 Å². The molecular formula is C28H38N4O6. The van der Waals surface area contributed by atoms with Crippen molar-refractivity contribution in [2.75, 3.05) is 20.3 Å². The Labute approximate surface area is 222 Å². The van der Waals surface area contributed by atoms with Gasteiger partial charge in [0.2, 0.25) is 11.8 Å². The Morgan fingerprint density at radius 1 is 1.24 bits per heavy atom. The van der Waals surface area contributed by atoms with Gasteiger partial charge in [0.25, 0.3) is 5.91 Å². The first-order valence-corrected chi connectivity index (χ1v) is 12.9. The monoisotopic (exact) mass is 526 g/mol. The summed E-state index contributed by atoms with van der Waals surface area (Å²) in [5.74, 6) is -1.51. The van der Waals surface area contributed by atoms with Gasteiger partial charge in [0, 0.05) is 24.4 Å². The lowest BCUT2D eigenvalue weighted by Crippen LogP contribution is -2.53. The number of amides is 3. The van der Waals surface area contributed by atoms with E-state index in [4.69, 9.17) is 4.74 Å². The van der Waals surface area contributed by atoms with Gasteiger partial charge in [-0.1, -0.05) is 32.1 Å². The van der Waals surface area contributed by atoms with Gasteiger partial charge >= 0.3 is 0 Å². The number of fused-ring (bicyclic) bond motifs is 1. The van der Waals surface area contributed by atoms with Gasteiger partial charge in [0.15, 0.2) is 5.78 Å². The number of nitrogens with zero attached hydrogens (tertiary/aromatic N) is 1. The van der Waals surface area contributed by atoms with Gasteiger partial charge in [-0.25, -0.2) is 0 Å². The van der Waals surface area contributed by atoms with Gasteiger partial charge in [0.1, 0.15) is 24.1 Å². The molecule has 3 amide bonds. The molecule has 0 aliphatic carbocycles. The summed E-state index contributed by atoms with van der Waals surface area (Å²) >= 11 is 0. The fraction of sp³-hybridized carbons (Fsp3) is 0.500. The number of carbonyl (C=O) groups is 4. The van der Waals surface area contributed by atoms with Crippen LogP contribution in [0.2, 0.25) is 0 Å². The third kappa shape index (κ3) is 6.80. The third-order valence-corrected chi connectivity index (χ3v) is 6.66. The molecule has 0 unspecified atom stereocenters. The van der Waals surface area contributed by atoms with Crippen molar-refractivity contribution in [3.05, 3.63) is 42.1 Å². The number of ether oxygens (including phenoxy) is 1. The van der Waals surface area contributed by atoms with Crippen molar-refractivity contribution in [2.45, 2.75) is 58.7 Å². The van der Waals surface area contributed by atoms with E-state index in [1.165, 1.54) is 0 Å². The van der Waals surface area contributed by atoms with Crippen LogP contribution >= 0.6 is 0 Å². The number of ketones is 1. The van der Waals surface area contributed by atoms with Crippen molar-refractivity contribution < 1.29 is 29.0 Å². The molecule has 2 heterocycles. The van der Waals surface area contributed by atoms with Crippen molar-refractivity contribution in [3.63, 3.8) is 0 Å². The fourth-order valence-corrected chi connectivity index (χ4v) is 4.81. The maximum atomic E-state index is 13.6. The molecule has 1 aromatic heterocycles. The molecule has 1 aliphatic heterocycles. The minimum Gasteiger partial charge on any atom is -0.496 e. The summed E-state index contributed by atoms with van der Waals surface area (Å²) < 4.78 is 7.31. The summed E-state index contributed by atoms with van der Waals surface area (Å²) in [6.07, 6.45) is 0.963. The Morgan fingerprint density at radius 3 is 2.55 bits per heavy atom. The lowest BCUT2D eigenvalue weighted by atomic mass is 9.95. The van der Waals surface area contributed by atoms with Crippen LogP contribution in [0.25, 0.3) is 10.9 Å². The lowest BCUT2D eigenvalue weighted by Gasteiger charge is -2.25. The first-order chi connectivity index (χ1) is 18.0. The number of aliphatic hydroxyl groups excluding tert-OH is 1. The van der Waals surface area contributed by atoms with Crippen molar-refractivity contribution in [2.24, 2.45) is 11.8 Å². The summed E-state index contributed by atoms with van der Waals surface area (Å²) in [4.78, 5) is 51.4. The summed E-state index contributed by atoms with van der Waals surface area (Å²) in [6, 6.07) is 5.30. The maximum absolute atomic E-state index is 13.6. The highest BCUT2D eigenvalue weighted by atomic mass is 16.5. The molecule has 1 aliphatic rings. The highest BCUT2D eigenvalue weighted by Gasteiger charge is 2.33. The highest BCUT2D eigenvalue weighted by molar-refractivity contribution is 6.02. The van der Waals surface area contributed by atoms with Crippen molar-refractivity contribution in [3.8, 4) is 5.75 Å². The van der Waals surface area contributed by atoms with E-state index in [1.807, 2.05) is 43.5 Å². The Bertz CT molecular complexity index is 1220. The molecule has 3 rings (SSSR count). The second kappa shape index (κ2) is 12.7. The van der Waals surface area contributed by atoms with Gasteiger partial charge in [-0.15, -0.1) is 0 Å². The molecule has 38 heavy (non-hydrogen) atoms. The molecule has 4 N–H and O–H groups in total. The predicted molar refractivity (Wildman–Crippen MR) is 144 cm³/mol. The lowest BCUT2D eigenvalue weighted by molar-refractivity contribution is -0.131. The molecule has 3 atom stereocenters. The highest BCUT2D eigenvalue weighted by Crippen LogP contribution is 2.29. The molecule has 0 radical (unpaired) electrons. The zero-order chi connectivity index (χ0) is 28.0. The van der Waals surface area contributed by atoms with Gasteiger partial charge in [-0.2, -0.15) is 0 Å². The van der Waals surface area contributed by atoms with Crippen LogP contribution in [0.5, 0.6) is 5.75 Å². The summed E-state index contributed by atoms with van der Waals surface area (Å²) in [6.45, 7) is 9.85. The standard InChI is InChI=1S/C28H38N4O6/c1-16(2)11-21(27(36)30-20(24(34)15-33)12-18-9-10-29-26(18)35)31-28(37)23-13-19-22(32(23)14-17(3)4)7-6-8-25(19)38-5/h6-8,13,16,18,20-21,33H,3,9-12,14-15H2,1-2,4-5H3,(H,29,35)(H,30,36)(H,31,37)/t18-,20+,21-/m0/s1. The van der Waals surface area contributed by atoms with E-state index in [0.29, 0.717) is 37.4 Å². The number of methoxy groups -OCH3 is 1. The fourth-order valence-electron chi connectivity index (χ4n) is 4.81. The van der Waals surface area contributed by atoms with Gasteiger partial charge in [-0.05, 0) is 50.3 Å². The number of rotatable bonds is 13. The molecule has 0 saturated carbocycles. The molecule has 206 valence electrons. The summed E-state index contributed by atoms with van der Waals surface area (Å²) in [5.41, 5.74) is 1.99. The average molecular weight is 527 g/mol. The van der Waals surface area contributed by atoms with Crippen LogP contribution in [-0.2, 0) is 20.9 Å². The Morgan fingerprint density at radius 2 is 1.97 bits per heavy atom. The first-order valence-electron chi connectivity index (χ1n) is 12.9. The summed E-state index contributed by atoms with van der Waals surface area (Å²) in [5, 5.41) is 18.5. The van der Waals surface area contributed by atoms with E-state index in [1.54, 1.807) is 13.2 Å². The smallest absolute Gasteiger partial charge is 0.268 e. The van der Waals surface area contributed by atoms with Crippen LogP contribution in [0.15, 0.2) is 36.4 Å². The van der Waals surface area contributed by atoms with E-state index in [0.717, 1.165) is 16.5 Å². The molecule has 2 aromatic rings. The Balaban J connectivity index is 1.87. The second-order valence-corrected chi connectivity index (χ2v) is 10.3. The minimum atomic E-state index is -1.04. The number of Topliss-reactive ketones (excluding diaryl/α,β-unsaturated/α-hetero) is 1. The SMILES string of the molecule is C=C(C)Cn1c(C(=O)N[C@@H](CC(C)C)C(=O)N[C@H](C[C@@H]2CCNC2=O)C(=O)CO)cc2c(OC)cccc21. The number of carbonyl (C=O) groups excluding carboxylic acids is 4. The van der Waals surface area contributed by atoms with Crippen LogP contribution in [0.1, 0.15) is 50.5 Å². The number of nitrogens with one attached hydrogen (secondary N) is 3. The van der Waals surface area contributed by atoms with E-state index in [2.05, 4.69) is 22.5 Å².